The highest BCUT2D eigenvalue weighted by atomic mass is 16.5. The van der Waals surface area contributed by atoms with Gasteiger partial charge in [0, 0.05) is 18.2 Å². The van der Waals surface area contributed by atoms with Crippen LogP contribution < -0.4 is 5.32 Å². The van der Waals surface area contributed by atoms with Gasteiger partial charge in [-0.2, -0.15) is 0 Å². The van der Waals surface area contributed by atoms with Crippen molar-refractivity contribution < 1.29 is 9.15 Å². The molecule has 1 aliphatic heterocycles. The van der Waals surface area contributed by atoms with E-state index in [2.05, 4.69) is 18.3 Å². The van der Waals surface area contributed by atoms with Crippen molar-refractivity contribution in [2.75, 3.05) is 13.2 Å². The lowest BCUT2D eigenvalue weighted by Crippen LogP contribution is -2.48. The summed E-state index contributed by atoms with van der Waals surface area (Å²) in [5.74, 6) is 1.68. The Kier molecular flexibility index (Phi) is 3.68. The van der Waals surface area contributed by atoms with Crippen molar-refractivity contribution >= 4 is 0 Å². The Bertz CT molecular complexity index is 422. The zero-order valence-corrected chi connectivity index (χ0v) is 12.1. The molecule has 2 atom stereocenters. The van der Waals surface area contributed by atoms with Crippen molar-refractivity contribution in [2.24, 2.45) is 5.92 Å². The molecule has 106 valence electrons. The molecule has 2 unspecified atom stereocenters. The third kappa shape index (κ3) is 2.59. The van der Waals surface area contributed by atoms with E-state index in [0.717, 1.165) is 25.3 Å². The largest absolute Gasteiger partial charge is 0.469 e. The van der Waals surface area contributed by atoms with Crippen LogP contribution in [0.15, 0.2) is 16.7 Å². The minimum Gasteiger partial charge on any atom is -0.469 e. The number of ether oxygens (including phenoxy) is 1. The minimum atomic E-state index is 0.218. The normalized spacial score (nSPS) is 27.2. The highest BCUT2D eigenvalue weighted by Gasteiger charge is 2.44. The first-order valence-corrected chi connectivity index (χ1v) is 7.65. The van der Waals surface area contributed by atoms with Gasteiger partial charge in [0.15, 0.2) is 0 Å². The molecule has 0 radical (unpaired) electrons. The molecule has 1 N–H and O–H groups in total. The average Bonchev–Trinajstić information content (AvgIpc) is 2.80. The molecule has 1 aliphatic carbocycles. The molecule has 2 heterocycles. The third-order valence-corrected chi connectivity index (χ3v) is 4.80. The van der Waals surface area contributed by atoms with Crippen molar-refractivity contribution in [3.63, 3.8) is 0 Å². The van der Waals surface area contributed by atoms with Crippen LogP contribution in [0.4, 0.5) is 0 Å². The molecular formula is C16H25NO2. The second-order valence-corrected chi connectivity index (χ2v) is 6.16. The van der Waals surface area contributed by atoms with E-state index in [4.69, 9.17) is 9.15 Å². The van der Waals surface area contributed by atoms with E-state index in [9.17, 15) is 0 Å². The molecule has 2 aliphatic rings. The van der Waals surface area contributed by atoms with E-state index in [-0.39, 0.29) is 5.60 Å². The van der Waals surface area contributed by atoms with Gasteiger partial charge in [0.1, 0.15) is 5.76 Å². The quantitative estimate of drug-likeness (QED) is 0.901. The minimum absolute atomic E-state index is 0.218. The Morgan fingerprint density at radius 1 is 1.47 bits per heavy atom. The van der Waals surface area contributed by atoms with Gasteiger partial charge in [-0.05, 0) is 57.6 Å². The van der Waals surface area contributed by atoms with E-state index in [0.29, 0.717) is 12.0 Å². The van der Waals surface area contributed by atoms with Gasteiger partial charge in [0.2, 0.25) is 0 Å². The monoisotopic (exact) mass is 263 g/mol. The van der Waals surface area contributed by atoms with E-state index >= 15 is 0 Å². The maximum absolute atomic E-state index is 6.05. The Labute approximate surface area is 115 Å². The van der Waals surface area contributed by atoms with Gasteiger partial charge in [-0.3, -0.25) is 0 Å². The zero-order chi connectivity index (χ0) is 13.3. The van der Waals surface area contributed by atoms with Crippen LogP contribution in [-0.2, 0) is 4.74 Å². The summed E-state index contributed by atoms with van der Waals surface area (Å²) >= 11 is 0. The SMILES string of the molecule is CCNC(c1coc(C)c1)C1CCOC2(CCC2)C1. The molecule has 1 saturated heterocycles. The lowest BCUT2D eigenvalue weighted by Gasteiger charge is -2.48. The van der Waals surface area contributed by atoms with Crippen LogP contribution in [0.2, 0.25) is 0 Å². The van der Waals surface area contributed by atoms with Gasteiger partial charge in [0.05, 0.1) is 11.9 Å². The number of furan rings is 1. The van der Waals surface area contributed by atoms with E-state index in [1.54, 1.807) is 0 Å². The van der Waals surface area contributed by atoms with E-state index in [1.807, 2.05) is 13.2 Å². The summed E-state index contributed by atoms with van der Waals surface area (Å²) < 4.78 is 11.6. The summed E-state index contributed by atoms with van der Waals surface area (Å²) in [5.41, 5.74) is 1.52. The van der Waals surface area contributed by atoms with Gasteiger partial charge in [-0.25, -0.2) is 0 Å². The molecule has 1 aromatic rings. The first-order chi connectivity index (χ1) is 9.22. The number of hydrogen-bond acceptors (Lipinski definition) is 3. The zero-order valence-electron chi connectivity index (χ0n) is 12.1. The van der Waals surface area contributed by atoms with Gasteiger partial charge in [0.25, 0.3) is 0 Å². The summed E-state index contributed by atoms with van der Waals surface area (Å²) in [6.45, 7) is 6.12. The van der Waals surface area contributed by atoms with Crippen LogP contribution >= 0.6 is 0 Å². The van der Waals surface area contributed by atoms with Crippen LogP contribution in [0, 0.1) is 12.8 Å². The van der Waals surface area contributed by atoms with Gasteiger partial charge >= 0.3 is 0 Å². The lowest BCUT2D eigenvalue weighted by molar-refractivity contribution is -0.147. The summed E-state index contributed by atoms with van der Waals surface area (Å²) in [7, 11) is 0. The maximum Gasteiger partial charge on any atom is 0.101 e. The van der Waals surface area contributed by atoms with Crippen molar-refractivity contribution in [2.45, 2.75) is 57.6 Å². The highest BCUT2D eigenvalue weighted by molar-refractivity contribution is 5.18. The molecule has 0 amide bonds. The topological polar surface area (TPSA) is 34.4 Å². The molecule has 3 rings (SSSR count). The first kappa shape index (κ1) is 13.2. The molecule has 19 heavy (non-hydrogen) atoms. The smallest absolute Gasteiger partial charge is 0.101 e. The number of hydrogen-bond donors (Lipinski definition) is 1. The fourth-order valence-corrected chi connectivity index (χ4v) is 3.67. The Morgan fingerprint density at radius 3 is 2.89 bits per heavy atom. The second kappa shape index (κ2) is 5.29. The molecule has 0 bridgehead atoms. The molecule has 3 heteroatoms. The van der Waals surface area contributed by atoms with Crippen LogP contribution in [0.5, 0.6) is 0 Å². The Balaban J connectivity index is 1.75. The fraction of sp³-hybridized carbons (Fsp3) is 0.750. The van der Waals surface area contributed by atoms with Crippen LogP contribution in [0.3, 0.4) is 0 Å². The number of rotatable bonds is 4. The van der Waals surface area contributed by atoms with Gasteiger partial charge < -0.3 is 14.5 Å². The molecule has 2 fully saturated rings. The molecule has 1 aromatic heterocycles. The predicted octanol–water partition coefficient (Wildman–Crippen LogP) is 3.59. The van der Waals surface area contributed by atoms with Crippen molar-refractivity contribution in [3.05, 3.63) is 23.7 Å². The Morgan fingerprint density at radius 2 is 2.32 bits per heavy atom. The average molecular weight is 263 g/mol. The van der Waals surface area contributed by atoms with Crippen LogP contribution in [-0.4, -0.2) is 18.8 Å². The summed E-state index contributed by atoms with van der Waals surface area (Å²) in [6, 6.07) is 2.60. The highest BCUT2D eigenvalue weighted by Crippen LogP contribution is 2.47. The van der Waals surface area contributed by atoms with Crippen molar-refractivity contribution in [1.29, 1.82) is 0 Å². The standard InChI is InChI=1S/C16H25NO2/c1-3-17-15(14-9-12(2)18-11-14)13-5-8-19-16(10-13)6-4-7-16/h9,11,13,15,17H,3-8,10H2,1-2H3. The van der Waals surface area contributed by atoms with Crippen molar-refractivity contribution in [3.8, 4) is 0 Å². The molecule has 3 nitrogen and oxygen atoms in total. The molecule has 1 spiro atoms. The summed E-state index contributed by atoms with van der Waals surface area (Å²) in [5, 5.41) is 3.65. The number of aryl methyl sites for hydroxylation is 1. The maximum atomic E-state index is 6.05. The van der Waals surface area contributed by atoms with Crippen LogP contribution in [0.25, 0.3) is 0 Å². The third-order valence-electron chi connectivity index (χ3n) is 4.80. The van der Waals surface area contributed by atoms with E-state index in [1.165, 1.54) is 31.2 Å². The summed E-state index contributed by atoms with van der Waals surface area (Å²) in [6.07, 6.45) is 8.13. The van der Waals surface area contributed by atoms with Crippen molar-refractivity contribution in [1.82, 2.24) is 5.32 Å². The fourth-order valence-electron chi connectivity index (χ4n) is 3.67. The summed E-state index contributed by atoms with van der Waals surface area (Å²) in [4.78, 5) is 0. The molecule has 1 saturated carbocycles. The second-order valence-electron chi connectivity index (χ2n) is 6.16. The molecule has 0 aromatic carbocycles. The lowest BCUT2D eigenvalue weighted by atomic mass is 9.70. The van der Waals surface area contributed by atoms with Gasteiger partial charge in [-0.15, -0.1) is 0 Å². The predicted molar refractivity (Wildman–Crippen MR) is 75.1 cm³/mol. The first-order valence-electron chi connectivity index (χ1n) is 7.65. The van der Waals surface area contributed by atoms with Gasteiger partial charge in [-0.1, -0.05) is 6.92 Å². The Hall–Kier alpha value is -0.800. The van der Waals surface area contributed by atoms with Crippen LogP contribution in [0.1, 0.15) is 56.4 Å². The van der Waals surface area contributed by atoms with E-state index < -0.39 is 0 Å². The number of nitrogens with one attached hydrogen (secondary N) is 1. The molecular weight excluding hydrogens is 238 g/mol.